The van der Waals surface area contributed by atoms with E-state index in [0.717, 1.165) is 11.4 Å². The van der Waals surface area contributed by atoms with Crippen molar-refractivity contribution in [3.8, 4) is 0 Å². The summed E-state index contributed by atoms with van der Waals surface area (Å²) in [6.07, 6.45) is 0. The van der Waals surface area contributed by atoms with Crippen LogP contribution < -0.4 is 5.32 Å². The molecule has 4 heteroatoms. The molecule has 0 saturated carbocycles. The van der Waals surface area contributed by atoms with Crippen LogP contribution in [-0.2, 0) is 14.3 Å². The normalized spacial score (nSPS) is 15.1. The van der Waals surface area contributed by atoms with Gasteiger partial charge in [-0.3, -0.25) is 0 Å². The Hall–Kier alpha value is -1.81. The molecule has 0 saturated heterocycles. The topological polar surface area (TPSA) is 47.6 Å². The summed E-state index contributed by atoms with van der Waals surface area (Å²) in [4.78, 5) is 11.4. The van der Waals surface area contributed by atoms with Crippen LogP contribution in [-0.4, -0.2) is 26.3 Å². The third kappa shape index (κ3) is 2.23. The maximum atomic E-state index is 11.4. The van der Waals surface area contributed by atoms with E-state index in [2.05, 4.69) is 10.1 Å². The lowest BCUT2D eigenvalue weighted by atomic mass is 10.2. The van der Waals surface area contributed by atoms with Crippen molar-refractivity contribution in [2.45, 2.75) is 0 Å². The summed E-state index contributed by atoms with van der Waals surface area (Å²) in [6.45, 7) is 0.723. The number of hydrogen-bond acceptors (Lipinski definition) is 4. The van der Waals surface area contributed by atoms with E-state index < -0.39 is 0 Å². The Morgan fingerprint density at radius 1 is 1.31 bits per heavy atom. The van der Waals surface area contributed by atoms with Crippen LogP contribution in [0.1, 0.15) is 0 Å². The van der Waals surface area contributed by atoms with Crippen molar-refractivity contribution in [1.29, 1.82) is 0 Å². The molecule has 2 rings (SSSR count). The molecule has 4 nitrogen and oxygen atoms in total. The van der Waals surface area contributed by atoms with Gasteiger partial charge in [0.05, 0.1) is 31.6 Å². The minimum Gasteiger partial charge on any atom is -0.466 e. The van der Waals surface area contributed by atoms with Gasteiger partial charge in [0.25, 0.3) is 0 Å². The first-order valence-electron chi connectivity index (χ1n) is 5.01. The highest BCUT2D eigenvalue weighted by molar-refractivity contribution is 5.90. The second-order valence-electron chi connectivity index (χ2n) is 3.43. The maximum absolute atomic E-state index is 11.4. The molecule has 16 heavy (non-hydrogen) atoms. The van der Waals surface area contributed by atoms with Gasteiger partial charge in [0.1, 0.15) is 0 Å². The quantitative estimate of drug-likeness (QED) is 0.784. The van der Waals surface area contributed by atoms with Crippen LogP contribution in [0.15, 0.2) is 41.6 Å². The monoisotopic (exact) mass is 219 g/mol. The van der Waals surface area contributed by atoms with Gasteiger partial charge in [0.15, 0.2) is 0 Å². The number of nitrogens with one attached hydrogen (secondary N) is 1. The summed E-state index contributed by atoms with van der Waals surface area (Å²) in [5, 5.41) is 3.16. The molecule has 1 aromatic carbocycles. The standard InChI is InChI=1S/C12H13NO3/c1-15-12(14)10-7-16-8-11(10)13-9-5-3-2-4-6-9/h2-6,13H,7-8H2,1H3. The second kappa shape index (κ2) is 4.81. The predicted molar refractivity (Wildman–Crippen MR) is 59.9 cm³/mol. The lowest BCUT2D eigenvalue weighted by molar-refractivity contribution is -0.136. The highest BCUT2D eigenvalue weighted by Crippen LogP contribution is 2.18. The molecule has 0 bridgehead atoms. The number of rotatable bonds is 3. The Balaban J connectivity index is 2.17. The van der Waals surface area contributed by atoms with Crippen LogP contribution in [0, 0.1) is 0 Å². The number of para-hydroxylation sites is 1. The molecule has 0 fully saturated rings. The largest absolute Gasteiger partial charge is 0.466 e. The molecule has 0 amide bonds. The number of carbonyl (C=O) groups excluding carboxylic acids is 1. The van der Waals surface area contributed by atoms with Crippen LogP contribution in [0.25, 0.3) is 0 Å². The van der Waals surface area contributed by atoms with Crippen LogP contribution >= 0.6 is 0 Å². The molecule has 0 aliphatic carbocycles. The number of hydrogen-bond donors (Lipinski definition) is 1. The maximum Gasteiger partial charge on any atom is 0.337 e. The Morgan fingerprint density at radius 3 is 2.75 bits per heavy atom. The van der Waals surface area contributed by atoms with E-state index >= 15 is 0 Å². The predicted octanol–water partition coefficient (Wildman–Crippen LogP) is 1.56. The fourth-order valence-electron chi connectivity index (χ4n) is 1.54. The summed E-state index contributed by atoms with van der Waals surface area (Å²) in [5.41, 5.74) is 2.27. The molecule has 0 unspecified atom stereocenters. The van der Waals surface area contributed by atoms with Crippen molar-refractivity contribution in [3.05, 3.63) is 41.6 Å². The Morgan fingerprint density at radius 2 is 2.06 bits per heavy atom. The number of esters is 1. The summed E-state index contributed by atoms with van der Waals surface area (Å²) < 4.78 is 9.91. The van der Waals surface area contributed by atoms with E-state index in [1.54, 1.807) is 0 Å². The molecular weight excluding hydrogens is 206 g/mol. The summed E-state index contributed by atoms with van der Waals surface area (Å²) in [7, 11) is 1.37. The van der Waals surface area contributed by atoms with Gasteiger partial charge in [-0.1, -0.05) is 18.2 Å². The first-order chi connectivity index (χ1) is 7.81. The second-order valence-corrected chi connectivity index (χ2v) is 3.43. The summed E-state index contributed by atoms with van der Waals surface area (Å²) in [6, 6.07) is 9.65. The fraction of sp³-hybridized carbons (Fsp3) is 0.250. The molecule has 84 valence electrons. The van der Waals surface area contributed by atoms with Gasteiger partial charge in [0.2, 0.25) is 0 Å². The minimum atomic E-state index is -0.337. The Labute approximate surface area is 93.9 Å². The molecule has 0 aromatic heterocycles. The molecule has 0 radical (unpaired) electrons. The smallest absolute Gasteiger partial charge is 0.337 e. The lowest BCUT2D eigenvalue weighted by Gasteiger charge is -2.07. The highest BCUT2D eigenvalue weighted by atomic mass is 16.5. The average Bonchev–Trinajstić information content (AvgIpc) is 2.77. The SMILES string of the molecule is COC(=O)C1=C(Nc2ccccc2)COC1. The van der Waals surface area contributed by atoms with Crippen LogP contribution in [0.3, 0.4) is 0 Å². The number of ether oxygens (including phenoxy) is 2. The number of carbonyl (C=O) groups is 1. The van der Waals surface area contributed by atoms with Crippen molar-refractivity contribution in [2.24, 2.45) is 0 Å². The molecule has 1 heterocycles. The van der Waals surface area contributed by atoms with Gasteiger partial charge in [0, 0.05) is 5.69 Å². The van der Waals surface area contributed by atoms with Gasteiger partial charge in [-0.15, -0.1) is 0 Å². The Kier molecular flexibility index (Phi) is 3.22. The van der Waals surface area contributed by atoms with E-state index in [-0.39, 0.29) is 5.97 Å². The molecule has 1 aromatic rings. The molecular formula is C12H13NO3. The molecule has 0 spiro atoms. The fourth-order valence-corrected chi connectivity index (χ4v) is 1.54. The highest BCUT2D eigenvalue weighted by Gasteiger charge is 2.22. The lowest BCUT2D eigenvalue weighted by Crippen LogP contribution is -2.11. The van der Waals surface area contributed by atoms with Crippen molar-refractivity contribution in [3.63, 3.8) is 0 Å². The molecule has 1 N–H and O–H groups in total. The van der Waals surface area contributed by atoms with Gasteiger partial charge in [-0.25, -0.2) is 4.79 Å². The summed E-state index contributed by atoms with van der Waals surface area (Å²) in [5.74, 6) is -0.337. The zero-order valence-corrected chi connectivity index (χ0v) is 9.03. The van der Waals surface area contributed by atoms with Crippen LogP contribution in [0.5, 0.6) is 0 Å². The van der Waals surface area contributed by atoms with E-state index in [1.165, 1.54) is 7.11 Å². The van der Waals surface area contributed by atoms with Crippen molar-refractivity contribution in [2.75, 3.05) is 25.6 Å². The first-order valence-corrected chi connectivity index (χ1v) is 5.01. The van der Waals surface area contributed by atoms with Gasteiger partial charge >= 0.3 is 5.97 Å². The number of benzene rings is 1. The number of anilines is 1. The summed E-state index contributed by atoms with van der Waals surface area (Å²) >= 11 is 0. The Bertz CT molecular complexity index is 412. The van der Waals surface area contributed by atoms with E-state index in [0.29, 0.717) is 18.8 Å². The third-order valence-corrected chi connectivity index (χ3v) is 2.36. The first kappa shape index (κ1) is 10.7. The van der Waals surface area contributed by atoms with E-state index in [4.69, 9.17) is 4.74 Å². The van der Waals surface area contributed by atoms with E-state index in [9.17, 15) is 4.79 Å². The number of methoxy groups -OCH3 is 1. The zero-order chi connectivity index (χ0) is 11.4. The van der Waals surface area contributed by atoms with Crippen LogP contribution in [0.2, 0.25) is 0 Å². The molecule has 1 aliphatic rings. The third-order valence-electron chi connectivity index (χ3n) is 2.36. The minimum absolute atomic E-state index is 0.307. The van der Waals surface area contributed by atoms with Crippen molar-refractivity contribution in [1.82, 2.24) is 0 Å². The van der Waals surface area contributed by atoms with Gasteiger partial charge in [-0.05, 0) is 12.1 Å². The molecule has 0 atom stereocenters. The molecule has 1 aliphatic heterocycles. The van der Waals surface area contributed by atoms with Crippen molar-refractivity contribution < 1.29 is 14.3 Å². The van der Waals surface area contributed by atoms with Crippen LogP contribution in [0.4, 0.5) is 5.69 Å². The zero-order valence-electron chi connectivity index (χ0n) is 9.03. The van der Waals surface area contributed by atoms with Crippen molar-refractivity contribution >= 4 is 11.7 Å². The average molecular weight is 219 g/mol. The van der Waals surface area contributed by atoms with E-state index in [1.807, 2.05) is 30.3 Å². The van der Waals surface area contributed by atoms with Gasteiger partial charge in [-0.2, -0.15) is 0 Å². The van der Waals surface area contributed by atoms with Gasteiger partial charge < -0.3 is 14.8 Å².